The number of ether oxygens (including phenoxy) is 1. The molecule has 0 aromatic carbocycles. The van der Waals surface area contributed by atoms with Gasteiger partial charge in [-0.15, -0.1) is 0 Å². The van der Waals surface area contributed by atoms with Crippen molar-refractivity contribution in [3.8, 4) is 17.1 Å². The minimum atomic E-state index is -5.05. The average molecular weight is 564 g/mol. The summed E-state index contributed by atoms with van der Waals surface area (Å²) < 4.78 is 99.8. The lowest BCUT2D eigenvalue weighted by Gasteiger charge is -2.22. The molecule has 2 amide bonds. The summed E-state index contributed by atoms with van der Waals surface area (Å²) in [5, 5.41) is 6.06. The van der Waals surface area contributed by atoms with E-state index in [0.29, 0.717) is 4.90 Å². The van der Waals surface area contributed by atoms with E-state index in [2.05, 4.69) is 20.4 Å². The third kappa shape index (κ3) is 5.23. The van der Waals surface area contributed by atoms with Gasteiger partial charge in [-0.1, -0.05) is 0 Å². The van der Waals surface area contributed by atoms with E-state index in [9.17, 15) is 40.3 Å². The topological polar surface area (TPSA) is 154 Å². The lowest BCUT2D eigenvalue weighted by Crippen LogP contribution is -2.51. The number of nitrogens with one attached hydrogen (secondary N) is 1. The molecule has 5 N–H and O–H groups in total. The second-order valence-corrected chi connectivity index (χ2v) is 8.49. The highest BCUT2D eigenvalue weighted by atomic mass is 19.4. The minimum Gasteiger partial charge on any atom is -0.480 e. The van der Waals surface area contributed by atoms with Crippen molar-refractivity contribution < 1.29 is 45.1 Å². The molecule has 1 saturated heterocycles. The molecule has 0 spiro atoms. The number of methoxy groups -OCH3 is 1. The van der Waals surface area contributed by atoms with Gasteiger partial charge < -0.3 is 26.4 Å². The molecule has 4 rings (SSSR count). The van der Waals surface area contributed by atoms with E-state index in [0.717, 1.165) is 36.3 Å². The number of fused-ring (bicyclic) bond motifs is 1. The lowest BCUT2D eigenvalue weighted by atomic mass is 10.1. The zero-order valence-electron chi connectivity index (χ0n) is 19.7. The molecule has 1 aliphatic rings. The summed E-state index contributed by atoms with van der Waals surface area (Å²) >= 11 is 0. The highest BCUT2D eigenvalue weighted by Gasteiger charge is 2.47. The number of nitrogen functional groups attached to an aromatic ring is 1. The van der Waals surface area contributed by atoms with E-state index >= 15 is 0 Å². The van der Waals surface area contributed by atoms with Gasteiger partial charge >= 0.3 is 12.4 Å². The SMILES string of the molecule is COc1ncc(-c2cc(C(F)(F)F)c3c(N)ncnn23)cc1C(=O)N[C@@H]1CN(C(=O)C(N)C(F)(F)F)C[C@@H]1F. The Balaban J connectivity index is 1.65. The van der Waals surface area contributed by atoms with Crippen molar-refractivity contribution in [1.82, 2.24) is 29.8 Å². The van der Waals surface area contributed by atoms with Gasteiger partial charge in [-0.2, -0.15) is 31.4 Å². The Labute approximate surface area is 213 Å². The largest absolute Gasteiger partial charge is 0.480 e. The normalized spacial score (nSPS) is 18.8. The van der Waals surface area contributed by atoms with Gasteiger partial charge in [0.15, 0.2) is 11.9 Å². The van der Waals surface area contributed by atoms with Gasteiger partial charge in [0.05, 0.1) is 31.0 Å². The number of hydrogen-bond donors (Lipinski definition) is 3. The van der Waals surface area contributed by atoms with Gasteiger partial charge in [-0.3, -0.25) is 9.59 Å². The van der Waals surface area contributed by atoms with Crippen molar-refractivity contribution in [3.05, 3.63) is 35.8 Å². The summed E-state index contributed by atoms with van der Waals surface area (Å²) in [6.45, 7) is -1.36. The van der Waals surface area contributed by atoms with Gasteiger partial charge in [0.25, 0.3) is 5.91 Å². The first-order valence-corrected chi connectivity index (χ1v) is 10.9. The molecular formula is C21H19F7N8O3. The molecule has 18 heteroatoms. The molecule has 4 heterocycles. The molecule has 11 nitrogen and oxygen atoms in total. The zero-order chi connectivity index (χ0) is 28.9. The van der Waals surface area contributed by atoms with Crippen molar-refractivity contribution in [3.63, 3.8) is 0 Å². The summed E-state index contributed by atoms with van der Waals surface area (Å²) in [6.07, 6.45) is -9.80. The quantitative estimate of drug-likeness (QED) is 0.395. The van der Waals surface area contributed by atoms with Crippen molar-refractivity contribution in [2.45, 2.75) is 30.6 Å². The van der Waals surface area contributed by atoms with E-state index in [1.807, 2.05) is 0 Å². The molecule has 0 aliphatic carbocycles. The van der Waals surface area contributed by atoms with Crippen LogP contribution in [0.25, 0.3) is 16.8 Å². The zero-order valence-corrected chi connectivity index (χ0v) is 19.7. The molecule has 0 radical (unpaired) electrons. The predicted octanol–water partition coefficient (Wildman–Crippen LogP) is 1.57. The van der Waals surface area contributed by atoms with Crippen molar-refractivity contribution in [2.24, 2.45) is 5.73 Å². The standard InChI is InChI=1S/C21H19F7N8O3/c1-39-18-9(17(37)34-12-6-35(5-11(12)22)19(38)15(29)21(26,27)28)2-8(4-31-18)13-3-10(20(23,24)25)14-16(30)32-7-33-36(13)14/h2-4,7,11-12,15H,5-6,29H2,1H3,(H,34,37)(H2,30,32,33)/t11-,12+,15?/m0/s1. The molecule has 0 saturated carbocycles. The van der Waals surface area contributed by atoms with Crippen LogP contribution >= 0.6 is 0 Å². The number of carbonyl (C=O) groups is 2. The van der Waals surface area contributed by atoms with Crippen LogP contribution in [0.5, 0.6) is 5.88 Å². The predicted molar refractivity (Wildman–Crippen MR) is 119 cm³/mol. The Bertz CT molecular complexity index is 1420. The monoisotopic (exact) mass is 564 g/mol. The number of carbonyl (C=O) groups excluding carboxylic acids is 2. The summed E-state index contributed by atoms with van der Waals surface area (Å²) in [6, 6.07) is -2.45. The molecule has 1 fully saturated rings. The van der Waals surface area contributed by atoms with Crippen LogP contribution in [-0.2, 0) is 11.0 Å². The molecule has 1 aliphatic heterocycles. The molecule has 0 bridgehead atoms. The lowest BCUT2D eigenvalue weighted by molar-refractivity contribution is -0.169. The minimum absolute atomic E-state index is 0.0410. The van der Waals surface area contributed by atoms with Gasteiger partial charge in [-0.25, -0.2) is 18.9 Å². The van der Waals surface area contributed by atoms with Crippen LogP contribution in [-0.4, -0.2) is 80.9 Å². The van der Waals surface area contributed by atoms with E-state index in [1.165, 1.54) is 0 Å². The molecular weight excluding hydrogens is 545 g/mol. The van der Waals surface area contributed by atoms with Gasteiger partial charge in [0, 0.05) is 18.3 Å². The summed E-state index contributed by atoms with van der Waals surface area (Å²) in [5.41, 5.74) is 8.31. The average Bonchev–Trinajstić information content (AvgIpc) is 3.44. The number of amides is 2. The first kappa shape index (κ1) is 27.8. The second kappa shape index (κ2) is 9.83. The maximum absolute atomic E-state index is 14.6. The smallest absolute Gasteiger partial charge is 0.418 e. The van der Waals surface area contributed by atoms with Gasteiger partial charge in [0.2, 0.25) is 11.8 Å². The molecule has 3 aromatic heterocycles. The molecule has 3 aromatic rings. The Morgan fingerprint density at radius 3 is 2.46 bits per heavy atom. The Morgan fingerprint density at radius 1 is 1.15 bits per heavy atom. The Hall–Kier alpha value is -4.22. The maximum atomic E-state index is 14.6. The molecule has 210 valence electrons. The van der Waals surface area contributed by atoms with Crippen LogP contribution in [0.2, 0.25) is 0 Å². The van der Waals surface area contributed by atoms with Gasteiger partial charge in [-0.05, 0) is 12.1 Å². The summed E-state index contributed by atoms with van der Waals surface area (Å²) in [5.74, 6) is -3.33. The summed E-state index contributed by atoms with van der Waals surface area (Å²) in [4.78, 5) is 33.1. The highest BCUT2D eigenvalue weighted by molar-refractivity contribution is 5.98. The van der Waals surface area contributed by atoms with Crippen LogP contribution in [0, 0.1) is 0 Å². The van der Waals surface area contributed by atoms with E-state index in [4.69, 9.17) is 16.2 Å². The number of pyridine rings is 1. The number of anilines is 1. The number of aromatic nitrogens is 4. The van der Waals surface area contributed by atoms with Crippen LogP contribution < -0.4 is 21.5 Å². The summed E-state index contributed by atoms with van der Waals surface area (Å²) in [7, 11) is 1.15. The second-order valence-electron chi connectivity index (χ2n) is 8.49. The number of hydrogen-bond acceptors (Lipinski definition) is 8. The van der Waals surface area contributed by atoms with E-state index in [-0.39, 0.29) is 22.7 Å². The van der Waals surface area contributed by atoms with Crippen LogP contribution in [0.15, 0.2) is 24.7 Å². The first-order valence-electron chi connectivity index (χ1n) is 10.9. The van der Waals surface area contributed by atoms with Crippen molar-refractivity contribution in [2.75, 3.05) is 25.9 Å². The number of nitrogens with two attached hydrogens (primary N) is 2. The van der Waals surface area contributed by atoms with Crippen LogP contribution in [0.4, 0.5) is 36.6 Å². The third-order valence-corrected chi connectivity index (χ3v) is 5.97. The van der Waals surface area contributed by atoms with Crippen molar-refractivity contribution >= 4 is 23.1 Å². The van der Waals surface area contributed by atoms with E-state index < -0.39 is 72.4 Å². The number of halogens is 7. The van der Waals surface area contributed by atoms with Crippen LogP contribution in [0.1, 0.15) is 15.9 Å². The number of nitrogens with zero attached hydrogens (tertiary/aromatic N) is 5. The Morgan fingerprint density at radius 2 is 1.85 bits per heavy atom. The molecule has 3 atom stereocenters. The third-order valence-electron chi connectivity index (χ3n) is 5.97. The first-order chi connectivity index (χ1) is 18.1. The number of alkyl halides is 7. The maximum Gasteiger partial charge on any atom is 0.418 e. The molecule has 39 heavy (non-hydrogen) atoms. The fraction of sp³-hybridized carbons (Fsp3) is 0.381. The van der Waals surface area contributed by atoms with Crippen molar-refractivity contribution in [1.29, 1.82) is 0 Å². The number of rotatable bonds is 5. The van der Waals surface area contributed by atoms with Crippen LogP contribution in [0.3, 0.4) is 0 Å². The fourth-order valence-corrected chi connectivity index (χ4v) is 4.07. The highest BCUT2D eigenvalue weighted by Crippen LogP contribution is 2.39. The fourth-order valence-electron chi connectivity index (χ4n) is 4.07. The number of likely N-dealkylation sites (tertiary alicyclic amines) is 1. The van der Waals surface area contributed by atoms with E-state index in [1.54, 1.807) is 0 Å². The van der Waals surface area contributed by atoms with Gasteiger partial charge in [0.1, 0.15) is 23.6 Å². The Kier molecular flexibility index (Phi) is 7.01. The molecule has 1 unspecified atom stereocenters.